The average molecular weight is 465 g/mol. The van der Waals surface area contributed by atoms with Gasteiger partial charge in [-0.1, -0.05) is 64.1 Å². The molecule has 1 aliphatic rings. The van der Waals surface area contributed by atoms with Crippen LogP contribution in [0.5, 0.6) is 5.75 Å². The molecule has 1 aliphatic heterocycles. The fourth-order valence-corrected chi connectivity index (χ4v) is 4.08. The fourth-order valence-electron chi connectivity index (χ4n) is 4.08. The Hall–Kier alpha value is -3.28. The van der Waals surface area contributed by atoms with Crippen LogP contribution in [0.1, 0.15) is 64.3 Å². The van der Waals surface area contributed by atoms with Crippen LogP contribution in [-0.4, -0.2) is 36.7 Å². The summed E-state index contributed by atoms with van der Waals surface area (Å²) in [6, 6.07) is 15.0. The molecule has 0 aliphatic carbocycles. The van der Waals surface area contributed by atoms with Crippen molar-refractivity contribution in [2.45, 2.75) is 59.4 Å². The molecule has 1 atom stereocenters. The molecule has 0 fully saturated rings. The molecule has 1 unspecified atom stereocenters. The number of nitrogens with zero attached hydrogens (tertiary/aromatic N) is 1. The second kappa shape index (κ2) is 10.8. The maximum absolute atomic E-state index is 13.2. The molecule has 182 valence electrons. The van der Waals surface area contributed by atoms with Gasteiger partial charge in [0.1, 0.15) is 12.4 Å². The Bertz CT molecular complexity index is 1050. The van der Waals surface area contributed by atoms with Gasteiger partial charge in [0.2, 0.25) is 0 Å². The lowest BCUT2D eigenvalue weighted by atomic mass is 9.85. The van der Waals surface area contributed by atoms with E-state index >= 15 is 0 Å². The van der Waals surface area contributed by atoms with E-state index in [1.165, 1.54) is 5.56 Å². The van der Waals surface area contributed by atoms with Crippen molar-refractivity contribution >= 4 is 12.0 Å². The molecule has 34 heavy (non-hydrogen) atoms. The molecule has 0 saturated carbocycles. The van der Waals surface area contributed by atoms with Crippen LogP contribution in [0, 0.1) is 0 Å². The minimum atomic E-state index is -0.621. The van der Waals surface area contributed by atoms with E-state index < -0.39 is 12.0 Å². The van der Waals surface area contributed by atoms with Gasteiger partial charge in [-0.25, -0.2) is 9.59 Å². The Morgan fingerprint density at radius 2 is 1.76 bits per heavy atom. The molecule has 2 amide bonds. The molecule has 0 saturated heterocycles. The van der Waals surface area contributed by atoms with Gasteiger partial charge in [0.15, 0.2) is 0 Å². The van der Waals surface area contributed by atoms with Gasteiger partial charge >= 0.3 is 12.0 Å². The molecular weight excluding hydrogens is 428 g/mol. The van der Waals surface area contributed by atoms with Crippen LogP contribution in [-0.2, 0) is 21.4 Å². The lowest BCUT2D eigenvalue weighted by Crippen LogP contribution is -2.49. The monoisotopic (exact) mass is 464 g/mol. The molecule has 3 rings (SSSR count). The zero-order chi connectivity index (χ0) is 24.9. The first-order chi connectivity index (χ1) is 16.2. The Morgan fingerprint density at radius 3 is 2.35 bits per heavy atom. The number of hydrogen-bond donors (Lipinski definition) is 1. The van der Waals surface area contributed by atoms with E-state index in [2.05, 4.69) is 33.0 Å². The van der Waals surface area contributed by atoms with Gasteiger partial charge in [0.05, 0.1) is 23.9 Å². The van der Waals surface area contributed by atoms with E-state index in [0.717, 1.165) is 17.5 Å². The van der Waals surface area contributed by atoms with Crippen molar-refractivity contribution in [3.05, 3.63) is 76.5 Å². The SMILES string of the molecule is CCOC(=O)C1=C(COc2cccc(CC)c2)N(CC)C(=O)NC1c1ccc(C(C)(C)C)cc1. The molecule has 0 radical (unpaired) electrons. The summed E-state index contributed by atoms with van der Waals surface area (Å²) in [5, 5.41) is 3.00. The summed E-state index contributed by atoms with van der Waals surface area (Å²) in [5.41, 5.74) is 4.08. The number of likely N-dealkylation sites (N-methyl/N-ethyl adjacent to an activating group) is 1. The van der Waals surface area contributed by atoms with Crippen LogP contribution in [0.2, 0.25) is 0 Å². The molecule has 0 bridgehead atoms. The molecule has 0 aromatic heterocycles. The smallest absolute Gasteiger partial charge is 0.338 e. The molecule has 6 nitrogen and oxygen atoms in total. The van der Waals surface area contributed by atoms with Crippen molar-refractivity contribution in [2.24, 2.45) is 0 Å². The maximum Gasteiger partial charge on any atom is 0.338 e. The number of carbonyl (C=O) groups is 2. The standard InChI is InChI=1S/C28H36N2O4/c1-7-19-11-10-12-22(17-19)34-18-23-24(26(31)33-9-3)25(29-27(32)30(23)8-2)20-13-15-21(16-14-20)28(4,5)6/h10-17,25H,7-9,18H2,1-6H3,(H,29,32). The normalized spacial score (nSPS) is 16.4. The lowest BCUT2D eigenvalue weighted by Gasteiger charge is -2.36. The minimum Gasteiger partial charge on any atom is -0.487 e. The summed E-state index contributed by atoms with van der Waals surface area (Å²) in [6.07, 6.45) is 0.893. The Balaban J connectivity index is 2.05. The zero-order valence-electron chi connectivity index (χ0n) is 21.1. The first-order valence-electron chi connectivity index (χ1n) is 12.0. The predicted octanol–water partition coefficient (Wildman–Crippen LogP) is 5.53. The highest BCUT2D eigenvalue weighted by Gasteiger charge is 2.38. The first-order valence-corrected chi connectivity index (χ1v) is 12.0. The number of hydrogen-bond acceptors (Lipinski definition) is 4. The van der Waals surface area contributed by atoms with Crippen molar-refractivity contribution < 1.29 is 19.1 Å². The summed E-state index contributed by atoms with van der Waals surface area (Å²) in [4.78, 5) is 27.8. The van der Waals surface area contributed by atoms with Gasteiger partial charge in [-0.3, -0.25) is 4.90 Å². The van der Waals surface area contributed by atoms with Gasteiger partial charge in [-0.15, -0.1) is 0 Å². The molecule has 2 aromatic rings. The topological polar surface area (TPSA) is 67.9 Å². The Kier molecular flexibility index (Phi) is 8.02. The van der Waals surface area contributed by atoms with Crippen LogP contribution in [0.15, 0.2) is 59.8 Å². The van der Waals surface area contributed by atoms with E-state index in [1.807, 2.05) is 55.5 Å². The second-order valence-corrected chi connectivity index (χ2v) is 9.37. The van der Waals surface area contributed by atoms with E-state index in [9.17, 15) is 9.59 Å². The number of urea groups is 1. The highest BCUT2D eigenvalue weighted by atomic mass is 16.5. The summed E-state index contributed by atoms with van der Waals surface area (Å²) in [6.45, 7) is 12.9. The van der Waals surface area contributed by atoms with Crippen LogP contribution in [0.3, 0.4) is 0 Å². The minimum absolute atomic E-state index is 0.000804. The molecule has 1 N–H and O–H groups in total. The third-order valence-electron chi connectivity index (χ3n) is 6.04. The maximum atomic E-state index is 13.2. The molecular formula is C28H36N2O4. The second-order valence-electron chi connectivity index (χ2n) is 9.37. The van der Waals surface area contributed by atoms with Crippen molar-refractivity contribution in [3.63, 3.8) is 0 Å². The van der Waals surface area contributed by atoms with Gasteiger partial charge in [0, 0.05) is 6.54 Å². The summed E-state index contributed by atoms with van der Waals surface area (Å²) in [5.74, 6) is 0.245. The average Bonchev–Trinajstić information content (AvgIpc) is 2.82. The van der Waals surface area contributed by atoms with E-state index in [1.54, 1.807) is 11.8 Å². The molecule has 2 aromatic carbocycles. The van der Waals surface area contributed by atoms with Crippen molar-refractivity contribution in [2.75, 3.05) is 19.8 Å². The van der Waals surface area contributed by atoms with E-state index in [-0.39, 0.29) is 24.7 Å². The Labute approximate surface area is 202 Å². The van der Waals surface area contributed by atoms with Gasteiger partial charge in [-0.05, 0) is 54.5 Å². The van der Waals surface area contributed by atoms with Crippen molar-refractivity contribution in [1.29, 1.82) is 0 Å². The number of rotatable bonds is 8. The molecule has 1 heterocycles. The number of benzene rings is 2. The van der Waals surface area contributed by atoms with Crippen LogP contribution < -0.4 is 10.1 Å². The van der Waals surface area contributed by atoms with Crippen LogP contribution in [0.25, 0.3) is 0 Å². The third kappa shape index (κ3) is 5.61. The summed E-state index contributed by atoms with van der Waals surface area (Å²) < 4.78 is 11.5. The Morgan fingerprint density at radius 1 is 1.06 bits per heavy atom. The van der Waals surface area contributed by atoms with Gasteiger partial charge in [-0.2, -0.15) is 0 Å². The fraction of sp³-hybridized carbons (Fsp3) is 0.429. The van der Waals surface area contributed by atoms with Crippen molar-refractivity contribution in [1.82, 2.24) is 10.2 Å². The number of esters is 1. The molecule has 6 heteroatoms. The largest absolute Gasteiger partial charge is 0.487 e. The highest BCUT2D eigenvalue weighted by Crippen LogP contribution is 2.33. The highest BCUT2D eigenvalue weighted by molar-refractivity contribution is 5.95. The van der Waals surface area contributed by atoms with Crippen LogP contribution in [0.4, 0.5) is 4.79 Å². The quantitative estimate of drug-likeness (QED) is 0.522. The number of carbonyl (C=O) groups excluding carboxylic acids is 2. The molecule has 0 spiro atoms. The van der Waals surface area contributed by atoms with Crippen LogP contribution >= 0.6 is 0 Å². The van der Waals surface area contributed by atoms with E-state index in [4.69, 9.17) is 9.47 Å². The number of aryl methyl sites for hydroxylation is 1. The third-order valence-corrected chi connectivity index (χ3v) is 6.04. The zero-order valence-corrected chi connectivity index (χ0v) is 21.1. The van der Waals surface area contributed by atoms with Crippen molar-refractivity contribution in [3.8, 4) is 5.75 Å². The lowest BCUT2D eigenvalue weighted by molar-refractivity contribution is -0.139. The predicted molar refractivity (Wildman–Crippen MR) is 134 cm³/mol. The number of nitrogens with one attached hydrogen (secondary N) is 1. The number of ether oxygens (including phenoxy) is 2. The summed E-state index contributed by atoms with van der Waals surface area (Å²) >= 11 is 0. The summed E-state index contributed by atoms with van der Waals surface area (Å²) in [7, 11) is 0. The van der Waals surface area contributed by atoms with Gasteiger partial charge < -0.3 is 14.8 Å². The number of amides is 2. The first kappa shape index (κ1) is 25.3. The van der Waals surface area contributed by atoms with Gasteiger partial charge in [0.25, 0.3) is 0 Å². The van der Waals surface area contributed by atoms with E-state index in [0.29, 0.717) is 23.6 Å².